The lowest BCUT2D eigenvalue weighted by Crippen LogP contribution is -2.38. The Hall–Kier alpha value is -2.62. The van der Waals surface area contributed by atoms with Gasteiger partial charge in [0.05, 0.1) is 24.2 Å². The molecule has 2 amide bonds. The third-order valence-electron chi connectivity index (χ3n) is 5.77. The van der Waals surface area contributed by atoms with Crippen molar-refractivity contribution >= 4 is 50.5 Å². The maximum Gasteiger partial charge on any atom is 0.418 e. The minimum absolute atomic E-state index is 0.00471. The number of hydrogen-bond donors (Lipinski definition) is 1. The number of fused-ring (bicyclic) bond motifs is 1. The number of carbonyl (C=O) groups is 2. The average molecular weight is 510 g/mol. The maximum atomic E-state index is 13.2. The lowest BCUT2D eigenvalue weighted by atomic mass is 10.1. The molecule has 0 radical (unpaired) electrons. The fraction of sp³-hybridized carbons (Fsp3) is 0.333. The summed E-state index contributed by atoms with van der Waals surface area (Å²) in [6.45, 7) is 2.03. The van der Waals surface area contributed by atoms with E-state index in [1.54, 1.807) is 16.2 Å². The number of para-hydroxylation sites is 1. The zero-order valence-electron chi connectivity index (χ0n) is 18.2. The van der Waals surface area contributed by atoms with Crippen LogP contribution >= 0.6 is 22.9 Å². The number of carbonyl (C=O) groups excluding carboxylic acids is 2. The van der Waals surface area contributed by atoms with Crippen LogP contribution in [0.3, 0.4) is 0 Å². The van der Waals surface area contributed by atoms with Crippen LogP contribution in [0.2, 0.25) is 5.02 Å². The summed E-state index contributed by atoms with van der Waals surface area (Å²) in [6.07, 6.45) is -3.60. The van der Waals surface area contributed by atoms with Crippen molar-refractivity contribution in [1.29, 1.82) is 0 Å². The first kappa shape index (κ1) is 24.5. The first-order valence-corrected chi connectivity index (χ1v) is 12.1. The van der Waals surface area contributed by atoms with Gasteiger partial charge in [0.15, 0.2) is 0 Å². The van der Waals surface area contributed by atoms with Crippen LogP contribution in [0.4, 0.5) is 18.9 Å². The molecule has 1 fully saturated rings. The van der Waals surface area contributed by atoms with Crippen LogP contribution < -0.4 is 5.32 Å². The van der Waals surface area contributed by atoms with E-state index in [1.165, 1.54) is 18.2 Å². The molecule has 3 aromatic rings. The minimum Gasteiger partial charge on any atom is -0.341 e. The first-order chi connectivity index (χ1) is 16.2. The third kappa shape index (κ3) is 5.89. The Morgan fingerprint density at radius 2 is 1.85 bits per heavy atom. The highest BCUT2D eigenvalue weighted by Crippen LogP contribution is 2.34. The normalized spacial score (nSPS) is 15.4. The van der Waals surface area contributed by atoms with Gasteiger partial charge in [0, 0.05) is 35.9 Å². The monoisotopic (exact) mass is 509 g/mol. The molecule has 0 aliphatic carbocycles. The van der Waals surface area contributed by atoms with E-state index in [0.717, 1.165) is 21.7 Å². The topological polar surface area (TPSA) is 52.7 Å². The van der Waals surface area contributed by atoms with Gasteiger partial charge in [-0.15, -0.1) is 11.3 Å². The standard InChI is InChI=1S/C24H23ClF3N3O2S/c25-17-6-7-21-18(13-17)16(15-34-21)12-23(33)31-9-3-8-30(10-11-31)14-22(32)29-20-5-2-1-4-19(20)24(26,27)28/h1-2,4-7,13,15H,3,8-12,14H2,(H,29,32). The van der Waals surface area contributed by atoms with Crippen molar-refractivity contribution < 1.29 is 22.8 Å². The molecule has 5 nitrogen and oxygen atoms in total. The molecule has 1 N–H and O–H groups in total. The van der Waals surface area contributed by atoms with Crippen molar-refractivity contribution in [3.63, 3.8) is 0 Å². The summed E-state index contributed by atoms with van der Waals surface area (Å²) < 4.78 is 40.6. The van der Waals surface area contributed by atoms with Crippen LogP contribution in [0.25, 0.3) is 10.1 Å². The summed E-state index contributed by atoms with van der Waals surface area (Å²) >= 11 is 7.68. The van der Waals surface area contributed by atoms with Crippen LogP contribution in [-0.4, -0.2) is 54.3 Å². The Morgan fingerprint density at radius 1 is 1.06 bits per heavy atom. The van der Waals surface area contributed by atoms with E-state index in [2.05, 4.69) is 5.32 Å². The van der Waals surface area contributed by atoms with Gasteiger partial charge in [-0.3, -0.25) is 14.5 Å². The molecule has 1 aromatic heterocycles. The summed E-state index contributed by atoms with van der Waals surface area (Å²) in [5.41, 5.74) is -0.191. The molecule has 0 spiro atoms. The molecule has 10 heteroatoms. The van der Waals surface area contributed by atoms with E-state index in [-0.39, 0.29) is 24.6 Å². The van der Waals surface area contributed by atoms with E-state index >= 15 is 0 Å². The van der Waals surface area contributed by atoms with Crippen LogP contribution in [-0.2, 0) is 22.2 Å². The molecule has 1 aliphatic rings. The average Bonchev–Trinajstić information content (AvgIpc) is 3.01. The van der Waals surface area contributed by atoms with Crippen molar-refractivity contribution in [2.75, 3.05) is 38.0 Å². The lowest BCUT2D eigenvalue weighted by molar-refractivity contribution is -0.137. The molecule has 1 saturated heterocycles. The number of nitrogens with one attached hydrogen (secondary N) is 1. The molecule has 180 valence electrons. The molecule has 0 saturated carbocycles. The molecule has 4 rings (SSSR count). The van der Waals surface area contributed by atoms with Gasteiger partial charge in [0.2, 0.25) is 11.8 Å². The van der Waals surface area contributed by atoms with Gasteiger partial charge in [-0.1, -0.05) is 23.7 Å². The maximum absolute atomic E-state index is 13.2. The Labute approximate surface area is 204 Å². The van der Waals surface area contributed by atoms with Crippen LogP contribution in [0, 0.1) is 0 Å². The van der Waals surface area contributed by atoms with E-state index in [4.69, 9.17) is 11.6 Å². The summed E-state index contributed by atoms with van der Waals surface area (Å²) in [5.74, 6) is -0.511. The smallest absolute Gasteiger partial charge is 0.341 e. The fourth-order valence-corrected chi connectivity index (χ4v) is 5.19. The van der Waals surface area contributed by atoms with Crippen LogP contribution in [0.15, 0.2) is 47.8 Å². The predicted molar refractivity (Wildman–Crippen MR) is 128 cm³/mol. The number of thiophene rings is 1. The van der Waals surface area contributed by atoms with Gasteiger partial charge in [-0.05, 0) is 53.1 Å². The highest BCUT2D eigenvalue weighted by atomic mass is 35.5. The molecular formula is C24H23ClF3N3O2S. The zero-order chi connectivity index (χ0) is 24.3. The summed E-state index contributed by atoms with van der Waals surface area (Å²) in [6, 6.07) is 10.6. The molecular weight excluding hydrogens is 487 g/mol. The minimum atomic E-state index is -4.55. The number of rotatable bonds is 5. The van der Waals surface area contributed by atoms with Gasteiger partial charge in [-0.2, -0.15) is 13.2 Å². The molecule has 34 heavy (non-hydrogen) atoms. The van der Waals surface area contributed by atoms with Gasteiger partial charge in [-0.25, -0.2) is 0 Å². The second kappa shape index (κ2) is 10.3. The number of anilines is 1. The number of hydrogen-bond acceptors (Lipinski definition) is 4. The molecule has 0 atom stereocenters. The van der Waals surface area contributed by atoms with E-state index in [1.807, 2.05) is 28.5 Å². The van der Waals surface area contributed by atoms with Crippen molar-refractivity contribution in [3.8, 4) is 0 Å². The van der Waals surface area contributed by atoms with Gasteiger partial charge >= 0.3 is 6.18 Å². The lowest BCUT2D eigenvalue weighted by Gasteiger charge is -2.22. The molecule has 0 bridgehead atoms. The summed E-state index contributed by atoms with van der Waals surface area (Å²) in [7, 11) is 0. The number of alkyl halides is 3. The fourth-order valence-electron chi connectivity index (χ4n) is 4.08. The molecule has 0 unspecified atom stereocenters. The van der Waals surface area contributed by atoms with Crippen molar-refractivity contribution in [1.82, 2.24) is 9.80 Å². The molecule has 1 aliphatic heterocycles. The third-order valence-corrected chi connectivity index (χ3v) is 7.02. The van der Waals surface area contributed by atoms with Crippen molar-refractivity contribution in [2.24, 2.45) is 0 Å². The molecule has 2 heterocycles. The zero-order valence-corrected chi connectivity index (χ0v) is 19.8. The van der Waals surface area contributed by atoms with Crippen LogP contribution in [0.1, 0.15) is 17.5 Å². The Kier molecular flexibility index (Phi) is 7.45. The SMILES string of the molecule is O=C(CN1CCCN(C(=O)Cc2csc3ccc(Cl)cc23)CC1)Nc1ccccc1C(F)(F)F. The van der Waals surface area contributed by atoms with Gasteiger partial charge in [0.1, 0.15) is 0 Å². The van der Waals surface area contributed by atoms with Crippen molar-refractivity contribution in [2.45, 2.75) is 19.0 Å². The van der Waals surface area contributed by atoms with Gasteiger partial charge in [0.25, 0.3) is 0 Å². The Morgan fingerprint density at radius 3 is 2.65 bits per heavy atom. The Balaban J connectivity index is 1.33. The summed E-state index contributed by atoms with van der Waals surface area (Å²) in [5, 5.41) is 5.97. The Bertz CT molecular complexity index is 1200. The highest BCUT2D eigenvalue weighted by Gasteiger charge is 2.33. The highest BCUT2D eigenvalue weighted by molar-refractivity contribution is 7.17. The van der Waals surface area contributed by atoms with Crippen LogP contribution in [0.5, 0.6) is 0 Å². The molecule has 2 aromatic carbocycles. The number of halogens is 4. The van der Waals surface area contributed by atoms with E-state index in [9.17, 15) is 22.8 Å². The number of amides is 2. The predicted octanol–water partition coefficient (Wildman–Crippen LogP) is 5.29. The largest absolute Gasteiger partial charge is 0.418 e. The number of nitrogens with zero attached hydrogens (tertiary/aromatic N) is 2. The second-order valence-electron chi connectivity index (χ2n) is 8.18. The summed E-state index contributed by atoms with van der Waals surface area (Å²) in [4.78, 5) is 29.0. The number of benzene rings is 2. The first-order valence-electron chi connectivity index (χ1n) is 10.8. The van der Waals surface area contributed by atoms with E-state index in [0.29, 0.717) is 37.6 Å². The second-order valence-corrected chi connectivity index (χ2v) is 9.53. The van der Waals surface area contributed by atoms with E-state index < -0.39 is 17.6 Å². The van der Waals surface area contributed by atoms with Crippen molar-refractivity contribution in [3.05, 3.63) is 64.0 Å². The van der Waals surface area contributed by atoms with Gasteiger partial charge < -0.3 is 10.2 Å². The quantitative estimate of drug-likeness (QED) is 0.508.